The van der Waals surface area contributed by atoms with Crippen molar-refractivity contribution in [1.82, 2.24) is 4.57 Å². The second kappa shape index (κ2) is 3.32. The van der Waals surface area contributed by atoms with Crippen LogP contribution in [0, 0.1) is 18.3 Å². The average Bonchev–Trinajstić information content (AvgIpc) is 2.55. The van der Waals surface area contributed by atoms with Gasteiger partial charge in [-0.3, -0.25) is 0 Å². The van der Waals surface area contributed by atoms with Gasteiger partial charge in [-0.2, -0.15) is 5.26 Å². The molecule has 0 radical (unpaired) electrons. The molecule has 1 heterocycles. The van der Waals surface area contributed by atoms with Crippen molar-refractivity contribution in [2.24, 2.45) is 7.05 Å². The predicted molar refractivity (Wildman–Crippen MR) is 58.9 cm³/mol. The Morgan fingerprint density at radius 2 is 2.13 bits per heavy atom. The number of ether oxygens (including phenoxy) is 1. The van der Waals surface area contributed by atoms with E-state index in [1.54, 1.807) is 7.11 Å². The molecule has 0 N–H and O–H groups in total. The Labute approximate surface area is 88.5 Å². The van der Waals surface area contributed by atoms with Crippen LogP contribution in [0.15, 0.2) is 18.3 Å². The van der Waals surface area contributed by atoms with Gasteiger partial charge in [0.25, 0.3) is 0 Å². The summed E-state index contributed by atoms with van der Waals surface area (Å²) in [5.41, 5.74) is 2.90. The molecule has 0 unspecified atom stereocenters. The lowest BCUT2D eigenvalue weighted by molar-refractivity contribution is 0.415. The molecule has 0 fully saturated rings. The Hall–Kier alpha value is -1.95. The van der Waals surface area contributed by atoms with Crippen LogP contribution in [-0.4, -0.2) is 11.7 Å². The summed E-state index contributed by atoms with van der Waals surface area (Å²) in [6, 6.07) is 6.07. The highest BCUT2D eigenvalue weighted by Crippen LogP contribution is 2.28. The monoisotopic (exact) mass is 200 g/mol. The molecule has 1 aromatic heterocycles. The molecule has 0 atom stereocenters. The Bertz CT molecular complexity index is 561. The smallest absolute Gasteiger partial charge is 0.119 e. The summed E-state index contributed by atoms with van der Waals surface area (Å²) in [4.78, 5) is 0. The van der Waals surface area contributed by atoms with Crippen molar-refractivity contribution >= 4 is 10.9 Å². The molecule has 0 spiro atoms. The molecule has 2 rings (SSSR count). The van der Waals surface area contributed by atoms with Crippen molar-refractivity contribution in [1.29, 1.82) is 5.26 Å². The van der Waals surface area contributed by atoms with E-state index in [4.69, 9.17) is 10.00 Å². The lowest BCUT2D eigenvalue weighted by Gasteiger charge is -2.04. The first-order chi connectivity index (χ1) is 7.17. The van der Waals surface area contributed by atoms with E-state index in [0.29, 0.717) is 5.56 Å². The maximum Gasteiger partial charge on any atom is 0.119 e. The number of hydrogen-bond acceptors (Lipinski definition) is 2. The number of fused-ring (bicyclic) bond motifs is 1. The van der Waals surface area contributed by atoms with Crippen molar-refractivity contribution in [3.63, 3.8) is 0 Å². The fraction of sp³-hybridized carbons (Fsp3) is 0.250. The molecule has 15 heavy (non-hydrogen) atoms. The van der Waals surface area contributed by atoms with Crippen molar-refractivity contribution in [3.05, 3.63) is 29.5 Å². The third-order valence-electron chi connectivity index (χ3n) is 2.60. The Kier molecular flexibility index (Phi) is 2.12. The van der Waals surface area contributed by atoms with Gasteiger partial charge in [0.2, 0.25) is 0 Å². The average molecular weight is 200 g/mol. The van der Waals surface area contributed by atoms with Crippen LogP contribution in [0.2, 0.25) is 0 Å². The number of aromatic nitrogens is 1. The van der Waals surface area contributed by atoms with Gasteiger partial charge in [-0.1, -0.05) is 0 Å². The lowest BCUT2D eigenvalue weighted by Crippen LogP contribution is -1.89. The summed E-state index contributed by atoms with van der Waals surface area (Å²) in [6.45, 7) is 2.02. The van der Waals surface area contributed by atoms with E-state index in [9.17, 15) is 0 Å². The van der Waals surface area contributed by atoms with Gasteiger partial charge in [0.1, 0.15) is 11.8 Å². The van der Waals surface area contributed by atoms with Gasteiger partial charge < -0.3 is 9.30 Å². The standard InChI is InChI=1S/C12H12N2O/c1-8-4-10(15-3)5-11-9(6-13)7-14(2)12(8)11/h4-5,7H,1-3H3. The molecular formula is C12H12N2O. The number of aryl methyl sites for hydroxylation is 2. The highest BCUT2D eigenvalue weighted by Gasteiger charge is 2.09. The molecule has 0 aliphatic carbocycles. The van der Waals surface area contributed by atoms with E-state index in [0.717, 1.165) is 22.2 Å². The minimum atomic E-state index is 0.689. The minimum Gasteiger partial charge on any atom is -0.497 e. The quantitative estimate of drug-likeness (QED) is 0.708. The second-order valence-corrected chi connectivity index (χ2v) is 3.61. The van der Waals surface area contributed by atoms with E-state index >= 15 is 0 Å². The van der Waals surface area contributed by atoms with Gasteiger partial charge in [0.05, 0.1) is 18.2 Å². The van der Waals surface area contributed by atoms with E-state index in [2.05, 4.69) is 6.07 Å². The van der Waals surface area contributed by atoms with Gasteiger partial charge in [-0.05, 0) is 24.6 Å². The molecule has 3 nitrogen and oxygen atoms in total. The largest absolute Gasteiger partial charge is 0.497 e. The molecule has 0 bridgehead atoms. The van der Waals surface area contributed by atoms with Crippen molar-refractivity contribution in [2.45, 2.75) is 6.92 Å². The predicted octanol–water partition coefficient (Wildman–Crippen LogP) is 2.37. The first kappa shape index (κ1) is 9.60. The first-order valence-electron chi connectivity index (χ1n) is 4.71. The van der Waals surface area contributed by atoms with Crippen LogP contribution < -0.4 is 4.74 Å². The Morgan fingerprint density at radius 1 is 1.40 bits per heavy atom. The Morgan fingerprint density at radius 3 is 2.73 bits per heavy atom. The van der Waals surface area contributed by atoms with E-state index < -0.39 is 0 Å². The lowest BCUT2D eigenvalue weighted by atomic mass is 10.1. The number of rotatable bonds is 1. The fourth-order valence-electron chi connectivity index (χ4n) is 1.95. The van der Waals surface area contributed by atoms with Gasteiger partial charge in [0, 0.05) is 18.6 Å². The third-order valence-corrected chi connectivity index (χ3v) is 2.60. The van der Waals surface area contributed by atoms with Crippen LogP contribution in [0.25, 0.3) is 10.9 Å². The molecule has 76 valence electrons. The Balaban J connectivity index is 2.89. The zero-order valence-corrected chi connectivity index (χ0v) is 9.03. The number of methoxy groups -OCH3 is 1. The minimum absolute atomic E-state index is 0.689. The summed E-state index contributed by atoms with van der Waals surface area (Å²) < 4.78 is 7.17. The SMILES string of the molecule is COc1cc(C)c2c(c1)c(C#N)cn2C. The van der Waals surface area contributed by atoms with E-state index in [1.807, 2.05) is 36.9 Å². The van der Waals surface area contributed by atoms with Crippen molar-refractivity contribution in [3.8, 4) is 11.8 Å². The van der Waals surface area contributed by atoms with Crippen LogP contribution in [-0.2, 0) is 7.05 Å². The fourth-order valence-corrected chi connectivity index (χ4v) is 1.95. The summed E-state index contributed by atoms with van der Waals surface area (Å²) in [7, 11) is 3.58. The maximum atomic E-state index is 9.00. The normalized spacial score (nSPS) is 10.3. The third kappa shape index (κ3) is 1.35. The van der Waals surface area contributed by atoms with Gasteiger partial charge in [-0.25, -0.2) is 0 Å². The van der Waals surface area contributed by atoms with Crippen LogP contribution in [0.4, 0.5) is 0 Å². The summed E-state index contributed by atoms with van der Waals surface area (Å²) in [5.74, 6) is 0.794. The highest BCUT2D eigenvalue weighted by atomic mass is 16.5. The second-order valence-electron chi connectivity index (χ2n) is 3.61. The molecule has 0 saturated heterocycles. The van der Waals surface area contributed by atoms with E-state index in [-0.39, 0.29) is 0 Å². The van der Waals surface area contributed by atoms with Gasteiger partial charge in [-0.15, -0.1) is 0 Å². The summed E-state index contributed by atoms with van der Waals surface area (Å²) in [6.07, 6.45) is 1.84. The molecule has 0 amide bonds. The molecule has 0 aliphatic heterocycles. The van der Waals surface area contributed by atoms with Crippen LogP contribution in [0.5, 0.6) is 5.75 Å². The summed E-state index contributed by atoms with van der Waals surface area (Å²) >= 11 is 0. The van der Waals surface area contributed by atoms with Crippen molar-refractivity contribution in [2.75, 3.05) is 7.11 Å². The zero-order chi connectivity index (χ0) is 11.0. The number of nitrogens with zero attached hydrogens (tertiary/aromatic N) is 2. The summed E-state index contributed by atoms with van der Waals surface area (Å²) in [5, 5.41) is 9.95. The molecule has 3 heteroatoms. The number of benzene rings is 1. The number of nitriles is 1. The molecule has 1 aromatic carbocycles. The van der Waals surface area contributed by atoms with Crippen LogP contribution in [0.3, 0.4) is 0 Å². The highest BCUT2D eigenvalue weighted by molar-refractivity contribution is 5.90. The van der Waals surface area contributed by atoms with Crippen LogP contribution >= 0.6 is 0 Å². The van der Waals surface area contributed by atoms with Gasteiger partial charge >= 0.3 is 0 Å². The first-order valence-corrected chi connectivity index (χ1v) is 4.71. The van der Waals surface area contributed by atoms with Gasteiger partial charge in [0.15, 0.2) is 0 Å². The molecule has 0 aliphatic rings. The number of hydrogen-bond donors (Lipinski definition) is 0. The molecule has 2 aromatic rings. The van der Waals surface area contributed by atoms with Crippen LogP contribution in [0.1, 0.15) is 11.1 Å². The topological polar surface area (TPSA) is 37.9 Å². The molecule has 0 saturated carbocycles. The van der Waals surface area contributed by atoms with Crippen molar-refractivity contribution < 1.29 is 4.74 Å². The zero-order valence-electron chi connectivity index (χ0n) is 9.03. The molecular weight excluding hydrogens is 188 g/mol. The maximum absolute atomic E-state index is 9.00. The van der Waals surface area contributed by atoms with E-state index in [1.165, 1.54) is 0 Å².